The van der Waals surface area contributed by atoms with Gasteiger partial charge in [-0.25, -0.2) is 0 Å². The molecule has 1 aliphatic rings. The molecule has 1 heterocycles. The van der Waals surface area contributed by atoms with E-state index in [2.05, 4.69) is 29.4 Å². The van der Waals surface area contributed by atoms with Crippen molar-refractivity contribution in [1.29, 1.82) is 0 Å². The maximum absolute atomic E-state index is 3.92. The maximum atomic E-state index is 3.92. The molecule has 0 saturated heterocycles. The minimum absolute atomic E-state index is 0.734. The van der Waals surface area contributed by atoms with Crippen molar-refractivity contribution in [3.63, 3.8) is 0 Å². The lowest BCUT2D eigenvalue weighted by atomic mass is 9.73. The van der Waals surface area contributed by atoms with E-state index in [1.807, 2.05) is 12.4 Å². The van der Waals surface area contributed by atoms with Gasteiger partial charge in [-0.3, -0.25) is 5.10 Å². The van der Waals surface area contributed by atoms with Gasteiger partial charge in [-0.1, -0.05) is 13.8 Å². The normalized spacial score (nSPS) is 26.5. The summed E-state index contributed by atoms with van der Waals surface area (Å²) in [5.41, 5.74) is 1.25. The van der Waals surface area contributed by atoms with Crippen molar-refractivity contribution in [3.05, 3.63) is 18.0 Å². The summed E-state index contributed by atoms with van der Waals surface area (Å²) >= 11 is 0. The molecule has 1 fully saturated rings. The molecule has 3 heteroatoms. The molecule has 0 atom stereocenters. The Balaban J connectivity index is 1.65. The summed E-state index contributed by atoms with van der Waals surface area (Å²) in [6.45, 7) is 5.58. The fourth-order valence-electron chi connectivity index (χ4n) is 2.01. The summed E-state index contributed by atoms with van der Waals surface area (Å²) < 4.78 is 0. The summed E-state index contributed by atoms with van der Waals surface area (Å²) in [7, 11) is 0. The Morgan fingerprint density at radius 2 is 2.36 bits per heavy atom. The average molecular weight is 193 g/mol. The first-order valence-electron chi connectivity index (χ1n) is 5.46. The van der Waals surface area contributed by atoms with Crippen LogP contribution in [0.3, 0.4) is 0 Å². The third-order valence-corrected chi connectivity index (χ3v) is 3.27. The van der Waals surface area contributed by atoms with E-state index in [0.717, 1.165) is 24.4 Å². The lowest BCUT2D eigenvalue weighted by molar-refractivity contribution is 0.167. The second-order valence-electron chi connectivity index (χ2n) is 4.66. The third-order valence-electron chi connectivity index (χ3n) is 3.27. The molecule has 1 aliphatic carbocycles. The van der Waals surface area contributed by atoms with Crippen molar-refractivity contribution < 1.29 is 0 Å². The van der Waals surface area contributed by atoms with Crippen LogP contribution >= 0.6 is 0 Å². The number of nitrogens with zero attached hydrogens (tertiary/aromatic N) is 1. The Hall–Kier alpha value is -0.830. The van der Waals surface area contributed by atoms with Gasteiger partial charge in [0.05, 0.1) is 6.20 Å². The van der Waals surface area contributed by atoms with Crippen molar-refractivity contribution in [2.75, 3.05) is 0 Å². The van der Waals surface area contributed by atoms with Crippen LogP contribution in [0.1, 0.15) is 32.3 Å². The number of aromatic amines is 1. The highest BCUT2D eigenvalue weighted by molar-refractivity contribution is 5.02. The van der Waals surface area contributed by atoms with Gasteiger partial charge < -0.3 is 5.32 Å². The molecule has 3 nitrogen and oxygen atoms in total. The Morgan fingerprint density at radius 3 is 2.93 bits per heavy atom. The molecule has 78 valence electrons. The van der Waals surface area contributed by atoms with Crippen LogP contribution in [0.15, 0.2) is 12.4 Å². The van der Waals surface area contributed by atoms with Crippen molar-refractivity contribution in [2.24, 2.45) is 11.8 Å². The summed E-state index contributed by atoms with van der Waals surface area (Å²) in [4.78, 5) is 0. The number of aromatic nitrogens is 2. The first-order valence-corrected chi connectivity index (χ1v) is 5.46. The Morgan fingerprint density at radius 1 is 1.57 bits per heavy atom. The van der Waals surface area contributed by atoms with Crippen LogP contribution in [0.25, 0.3) is 0 Å². The average Bonchev–Trinajstić information content (AvgIpc) is 2.52. The van der Waals surface area contributed by atoms with Gasteiger partial charge in [0.25, 0.3) is 0 Å². The predicted octanol–water partition coefficient (Wildman–Crippen LogP) is 1.93. The Kier molecular flexibility index (Phi) is 2.87. The molecule has 0 aromatic carbocycles. The van der Waals surface area contributed by atoms with Crippen LogP contribution in [0.2, 0.25) is 0 Å². The van der Waals surface area contributed by atoms with Crippen LogP contribution in [-0.2, 0) is 6.54 Å². The highest BCUT2D eigenvalue weighted by Crippen LogP contribution is 2.33. The minimum Gasteiger partial charge on any atom is -0.310 e. The molecule has 0 bridgehead atoms. The molecule has 2 rings (SSSR count). The summed E-state index contributed by atoms with van der Waals surface area (Å²) in [5, 5.41) is 10.3. The van der Waals surface area contributed by atoms with E-state index in [1.165, 1.54) is 18.4 Å². The molecule has 2 N–H and O–H groups in total. The second-order valence-corrected chi connectivity index (χ2v) is 4.66. The molecule has 0 unspecified atom stereocenters. The summed E-state index contributed by atoms with van der Waals surface area (Å²) in [6.07, 6.45) is 6.52. The van der Waals surface area contributed by atoms with E-state index < -0.39 is 0 Å². The van der Waals surface area contributed by atoms with Crippen molar-refractivity contribution in [1.82, 2.24) is 15.5 Å². The van der Waals surface area contributed by atoms with Gasteiger partial charge >= 0.3 is 0 Å². The zero-order chi connectivity index (χ0) is 9.97. The van der Waals surface area contributed by atoms with Crippen LogP contribution in [0, 0.1) is 11.8 Å². The fourth-order valence-corrected chi connectivity index (χ4v) is 2.01. The molecule has 0 amide bonds. The number of rotatable bonds is 4. The smallest absolute Gasteiger partial charge is 0.0532 e. The highest BCUT2D eigenvalue weighted by Gasteiger charge is 2.30. The molecular weight excluding hydrogens is 174 g/mol. The van der Waals surface area contributed by atoms with Gasteiger partial charge in [-0.2, -0.15) is 5.10 Å². The zero-order valence-corrected chi connectivity index (χ0v) is 8.96. The number of hydrogen-bond acceptors (Lipinski definition) is 2. The maximum Gasteiger partial charge on any atom is 0.0532 e. The van der Waals surface area contributed by atoms with Gasteiger partial charge in [0.1, 0.15) is 0 Å². The SMILES string of the molecule is CC(C)C1CC(NCc2cn[nH]c2)C1. The van der Waals surface area contributed by atoms with Crippen LogP contribution in [-0.4, -0.2) is 16.2 Å². The van der Waals surface area contributed by atoms with Crippen molar-refractivity contribution in [2.45, 2.75) is 39.3 Å². The van der Waals surface area contributed by atoms with E-state index in [-0.39, 0.29) is 0 Å². The van der Waals surface area contributed by atoms with E-state index in [4.69, 9.17) is 0 Å². The standard InChI is InChI=1S/C11H19N3/c1-8(2)10-3-11(4-10)12-5-9-6-13-14-7-9/h6-8,10-12H,3-5H2,1-2H3,(H,13,14). The van der Waals surface area contributed by atoms with Crippen molar-refractivity contribution in [3.8, 4) is 0 Å². The van der Waals surface area contributed by atoms with E-state index in [1.54, 1.807) is 0 Å². The monoisotopic (exact) mass is 193 g/mol. The Labute approximate surface area is 85.3 Å². The third kappa shape index (κ3) is 2.15. The van der Waals surface area contributed by atoms with Gasteiger partial charge in [0.15, 0.2) is 0 Å². The summed E-state index contributed by atoms with van der Waals surface area (Å²) in [5.74, 6) is 1.79. The second kappa shape index (κ2) is 4.13. The lowest BCUT2D eigenvalue weighted by Gasteiger charge is -2.38. The fraction of sp³-hybridized carbons (Fsp3) is 0.727. The zero-order valence-electron chi connectivity index (χ0n) is 8.96. The number of hydrogen-bond donors (Lipinski definition) is 2. The number of H-pyrrole nitrogens is 1. The first-order chi connectivity index (χ1) is 6.75. The van der Waals surface area contributed by atoms with Gasteiger partial charge in [0.2, 0.25) is 0 Å². The van der Waals surface area contributed by atoms with E-state index >= 15 is 0 Å². The van der Waals surface area contributed by atoms with Crippen LogP contribution < -0.4 is 5.32 Å². The first kappa shape index (κ1) is 9.71. The van der Waals surface area contributed by atoms with E-state index in [9.17, 15) is 0 Å². The van der Waals surface area contributed by atoms with Gasteiger partial charge in [-0.05, 0) is 24.7 Å². The molecule has 14 heavy (non-hydrogen) atoms. The topological polar surface area (TPSA) is 40.7 Å². The quantitative estimate of drug-likeness (QED) is 0.767. The van der Waals surface area contributed by atoms with Crippen LogP contribution in [0.4, 0.5) is 0 Å². The van der Waals surface area contributed by atoms with Crippen molar-refractivity contribution >= 4 is 0 Å². The highest BCUT2D eigenvalue weighted by atomic mass is 15.1. The number of nitrogens with one attached hydrogen (secondary N) is 2. The molecule has 0 spiro atoms. The lowest BCUT2D eigenvalue weighted by Crippen LogP contribution is -2.42. The molecule has 1 aromatic heterocycles. The van der Waals surface area contributed by atoms with Gasteiger partial charge in [0, 0.05) is 24.3 Å². The summed E-state index contributed by atoms with van der Waals surface area (Å²) in [6, 6.07) is 0.734. The molecular formula is C11H19N3. The molecule has 0 aliphatic heterocycles. The Bertz CT molecular complexity index is 260. The van der Waals surface area contributed by atoms with Gasteiger partial charge in [-0.15, -0.1) is 0 Å². The largest absolute Gasteiger partial charge is 0.310 e. The van der Waals surface area contributed by atoms with E-state index in [0.29, 0.717) is 0 Å². The predicted molar refractivity (Wildman–Crippen MR) is 56.8 cm³/mol. The minimum atomic E-state index is 0.734. The molecule has 1 aromatic rings. The van der Waals surface area contributed by atoms with Crippen LogP contribution in [0.5, 0.6) is 0 Å². The molecule has 1 saturated carbocycles. The molecule has 0 radical (unpaired) electrons.